The van der Waals surface area contributed by atoms with E-state index in [1.807, 2.05) is 55.8 Å². The molecule has 0 aliphatic heterocycles. The Morgan fingerprint density at radius 1 is 1.12 bits per heavy atom. The number of benzene rings is 1. The summed E-state index contributed by atoms with van der Waals surface area (Å²) in [4.78, 5) is 25.4. The fourth-order valence-corrected chi connectivity index (χ4v) is 3.77. The predicted molar refractivity (Wildman–Crippen MR) is 101 cm³/mol. The number of para-hydroxylation sites is 1. The minimum atomic E-state index is -0.263. The summed E-state index contributed by atoms with van der Waals surface area (Å²) in [6, 6.07) is 7.88. The summed E-state index contributed by atoms with van der Waals surface area (Å²) in [6.45, 7) is 6.14. The Labute approximate surface area is 149 Å². The van der Waals surface area contributed by atoms with Crippen LogP contribution >= 0.6 is 0 Å². The third kappa shape index (κ3) is 4.12. The van der Waals surface area contributed by atoms with Gasteiger partial charge in [0, 0.05) is 34.1 Å². The number of amides is 1. The maximum absolute atomic E-state index is 13.0. The molecule has 1 aliphatic rings. The van der Waals surface area contributed by atoms with Crippen LogP contribution in [0, 0.1) is 5.92 Å². The molecular formula is C21H28N2O2. The highest BCUT2D eigenvalue weighted by Crippen LogP contribution is 2.30. The third-order valence-electron chi connectivity index (χ3n) is 4.86. The molecule has 1 aromatic heterocycles. The van der Waals surface area contributed by atoms with Crippen molar-refractivity contribution in [1.29, 1.82) is 0 Å². The van der Waals surface area contributed by atoms with Crippen LogP contribution in [0.25, 0.3) is 10.9 Å². The first-order chi connectivity index (χ1) is 11.8. The van der Waals surface area contributed by atoms with Gasteiger partial charge in [0.15, 0.2) is 5.78 Å². The van der Waals surface area contributed by atoms with Crippen LogP contribution in [0.1, 0.15) is 63.2 Å². The van der Waals surface area contributed by atoms with Gasteiger partial charge in [-0.3, -0.25) is 9.59 Å². The number of rotatable bonds is 4. The number of hydrogen-bond donors (Lipinski definition) is 1. The highest BCUT2D eigenvalue weighted by molar-refractivity contribution is 6.09. The van der Waals surface area contributed by atoms with Gasteiger partial charge in [-0.25, -0.2) is 0 Å². The maximum atomic E-state index is 13.0. The highest BCUT2D eigenvalue weighted by Gasteiger charge is 2.25. The average molecular weight is 340 g/mol. The van der Waals surface area contributed by atoms with Crippen molar-refractivity contribution in [2.24, 2.45) is 5.92 Å². The summed E-state index contributed by atoms with van der Waals surface area (Å²) >= 11 is 0. The second-order valence-corrected chi connectivity index (χ2v) is 8.19. The molecule has 1 fully saturated rings. The Morgan fingerprint density at radius 2 is 1.80 bits per heavy atom. The number of nitrogens with zero attached hydrogens (tertiary/aromatic N) is 1. The molecule has 1 N–H and O–H groups in total. The van der Waals surface area contributed by atoms with Crippen LogP contribution in [0.15, 0.2) is 30.5 Å². The molecule has 0 radical (unpaired) electrons. The molecule has 1 heterocycles. The molecule has 1 amide bonds. The van der Waals surface area contributed by atoms with E-state index in [1.54, 1.807) is 0 Å². The first-order valence-corrected chi connectivity index (χ1v) is 9.28. The van der Waals surface area contributed by atoms with Crippen molar-refractivity contribution in [3.63, 3.8) is 0 Å². The normalized spacial score (nSPS) is 16.1. The topological polar surface area (TPSA) is 51.1 Å². The minimum Gasteiger partial charge on any atom is -0.350 e. The lowest BCUT2D eigenvalue weighted by Crippen LogP contribution is -2.42. The number of hydrogen-bond acceptors (Lipinski definition) is 2. The van der Waals surface area contributed by atoms with Crippen molar-refractivity contribution < 1.29 is 9.59 Å². The average Bonchev–Trinajstić information content (AvgIpc) is 2.92. The van der Waals surface area contributed by atoms with Crippen molar-refractivity contribution in [2.75, 3.05) is 0 Å². The van der Waals surface area contributed by atoms with Gasteiger partial charge in [0.25, 0.3) is 0 Å². The molecule has 4 heteroatoms. The molecule has 134 valence electrons. The standard InChI is InChI=1S/C21H28N2O2/c1-21(2,3)22-19(24)14-23-13-17(16-11-7-8-12-18(16)23)20(25)15-9-5-4-6-10-15/h7-8,11-13,15H,4-6,9-10,14H2,1-3H3,(H,22,24). The maximum Gasteiger partial charge on any atom is 0.240 e. The summed E-state index contributed by atoms with van der Waals surface area (Å²) in [5.74, 6) is 0.340. The number of fused-ring (bicyclic) bond motifs is 1. The van der Waals surface area contributed by atoms with Gasteiger partial charge in [-0.15, -0.1) is 0 Å². The zero-order valence-corrected chi connectivity index (χ0v) is 15.5. The molecule has 0 atom stereocenters. The van der Waals surface area contributed by atoms with Crippen LogP contribution in [0.4, 0.5) is 0 Å². The van der Waals surface area contributed by atoms with Gasteiger partial charge in [0.05, 0.1) is 0 Å². The van der Waals surface area contributed by atoms with Crippen molar-refractivity contribution in [1.82, 2.24) is 9.88 Å². The second-order valence-electron chi connectivity index (χ2n) is 8.19. The van der Waals surface area contributed by atoms with E-state index in [9.17, 15) is 9.59 Å². The first kappa shape index (κ1) is 17.7. The summed E-state index contributed by atoms with van der Waals surface area (Å²) in [5.41, 5.74) is 1.46. The van der Waals surface area contributed by atoms with Gasteiger partial charge >= 0.3 is 0 Å². The van der Waals surface area contributed by atoms with E-state index in [1.165, 1.54) is 6.42 Å². The van der Waals surface area contributed by atoms with Gasteiger partial charge < -0.3 is 9.88 Å². The molecule has 0 spiro atoms. The van der Waals surface area contributed by atoms with Crippen LogP contribution in [0.3, 0.4) is 0 Å². The molecule has 1 aliphatic carbocycles. The summed E-state index contributed by atoms with van der Waals surface area (Å²) in [7, 11) is 0. The quantitative estimate of drug-likeness (QED) is 0.843. The Balaban J connectivity index is 1.90. The van der Waals surface area contributed by atoms with E-state index in [4.69, 9.17) is 0 Å². The van der Waals surface area contributed by atoms with E-state index in [-0.39, 0.29) is 29.7 Å². The number of ketones is 1. The summed E-state index contributed by atoms with van der Waals surface area (Å²) in [5, 5.41) is 3.95. The minimum absolute atomic E-state index is 0.0371. The fraction of sp³-hybridized carbons (Fsp3) is 0.524. The van der Waals surface area contributed by atoms with Gasteiger partial charge in [-0.1, -0.05) is 37.5 Å². The van der Waals surface area contributed by atoms with E-state index in [0.717, 1.165) is 42.1 Å². The van der Waals surface area contributed by atoms with Crippen molar-refractivity contribution in [3.05, 3.63) is 36.0 Å². The second kappa shape index (κ2) is 7.03. The third-order valence-corrected chi connectivity index (χ3v) is 4.86. The molecule has 1 aromatic carbocycles. The number of nitrogens with one attached hydrogen (secondary N) is 1. The lowest BCUT2D eigenvalue weighted by Gasteiger charge is -2.21. The molecule has 0 unspecified atom stereocenters. The lowest BCUT2D eigenvalue weighted by molar-refractivity contribution is -0.123. The zero-order chi connectivity index (χ0) is 18.0. The summed E-state index contributed by atoms with van der Waals surface area (Å²) in [6.07, 6.45) is 7.38. The lowest BCUT2D eigenvalue weighted by atomic mass is 9.84. The van der Waals surface area contributed by atoms with Gasteiger partial charge in [0.1, 0.15) is 6.54 Å². The molecule has 3 rings (SSSR count). The number of carbonyl (C=O) groups is 2. The first-order valence-electron chi connectivity index (χ1n) is 9.28. The Bertz CT molecular complexity index is 777. The number of Topliss-reactive ketones (excluding diaryl/α,β-unsaturated/α-hetero) is 1. The van der Waals surface area contributed by atoms with E-state index in [2.05, 4.69) is 5.32 Å². The molecule has 0 saturated heterocycles. The summed E-state index contributed by atoms with van der Waals surface area (Å²) < 4.78 is 1.91. The molecule has 2 aromatic rings. The number of aromatic nitrogens is 1. The van der Waals surface area contributed by atoms with E-state index >= 15 is 0 Å². The van der Waals surface area contributed by atoms with Gasteiger partial charge in [-0.05, 0) is 39.7 Å². The molecular weight excluding hydrogens is 312 g/mol. The molecule has 4 nitrogen and oxygen atoms in total. The van der Waals surface area contributed by atoms with Gasteiger partial charge in [-0.2, -0.15) is 0 Å². The van der Waals surface area contributed by atoms with Crippen LogP contribution in [0.5, 0.6) is 0 Å². The van der Waals surface area contributed by atoms with Crippen LogP contribution in [-0.4, -0.2) is 21.8 Å². The SMILES string of the molecule is CC(C)(C)NC(=O)Cn1cc(C(=O)C2CCCCC2)c2ccccc21. The van der Waals surface area contributed by atoms with Crippen LogP contribution < -0.4 is 5.32 Å². The Hall–Kier alpha value is -2.10. The fourth-order valence-electron chi connectivity index (χ4n) is 3.77. The van der Waals surface area contributed by atoms with Crippen molar-refractivity contribution in [3.8, 4) is 0 Å². The number of carbonyl (C=O) groups excluding carboxylic acids is 2. The molecule has 25 heavy (non-hydrogen) atoms. The largest absolute Gasteiger partial charge is 0.350 e. The van der Waals surface area contributed by atoms with Crippen LogP contribution in [0.2, 0.25) is 0 Å². The van der Waals surface area contributed by atoms with Gasteiger partial charge in [0.2, 0.25) is 5.91 Å². The predicted octanol–water partition coefficient (Wildman–Crippen LogP) is 4.32. The van der Waals surface area contributed by atoms with E-state index in [0.29, 0.717) is 0 Å². The zero-order valence-electron chi connectivity index (χ0n) is 15.5. The van der Waals surface area contributed by atoms with Crippen molar-refractivity contribution >= 4 is 22.6 Å². The smallest absolute Gasteiger partial charge is 0.240 e. The monoisotopic (exact) mass is 340 g/mol. The highest BCUT2D eigenvalue weighted by atomic mass is 16.2. The Kier molecular flexibility index (Phi) is 4.98. The van der Waals surface area contributed by atoms with Crippen molar-refractivity contribution in [2.45, 2.75) is 65.0 Å². The Morgan fingerprint density at radius 3 is 2.48 bits per heavy atom. The molecule has 0 bridgehead atoms. The van der Waals surface area contributed by atoms with E-state index < -0.39 is 0 Å². The van der Waals surface area contributed by atoms with Crippen LogP contribution in [-0.2, 0) is 11.3 Å². The molecule has 1 saturated carbocycles.